The maximum atomic E-state index is 11.5. The first-order valence-corrected chi connectivity index (χ1v) is 4.00. The number of rotatable bonds is 0. The lowest BCUT2D eigenvalue weighted by atomic mass is 10.2. The fourth-order valence-electron chi connectivity index (χ4n) is 1.37. The first-order chi connectivity index (χ1) is 6.18. The second kappa shape index (κ2) is 2.65. The number of nitrogens with one attached hydrogen (secondary N) is 1. The van der Waals surface area contributed by atoms with Crippen molar-refractivity contribution in [2.75, 3.05) is 0 Å². The van der Waals surface area contributed by atoms with E-state index < -0.39 is 0 Å². The van der Waals surface area contributed by atoms with E-state index in [1.54, 1.807) is 19.3 Å². The Kier molecular flexibility index (Phi) is 1.62. The van der Waals surface area contributed by atoms with E-state index in [1.807, 2.05) is 6.92 Å². The van der Waals surface area contributed by atoms with Gasteiger partial charge in [-0.1, -0.05) is 0 Å². The van der Waals surface area contributed by atoms with E-state index in [0.29, 0.717) is 16.7 Å². The van der Waals surface area contributed by atoms with Gasteiger partial charge in [-0.05, 0) is 19.4 Å². The van der Waals surface area contributed by atoms with Crippen LogP contribution in [0.3, 0.4) is 0 Å². The van der Waals surface area contributed by atoms with Gasteiger partial charge in [0.15, 0.2) is 0 Å². The molecule has 2 aromatic rings. The van der Waals surface area contributed by atoms with Crippen LogP contribution in [-0.4, -0.2) is 15.0 Å². The van der Waals surface area contributed by atoms with Crippen LogP contribution < -0.4 is 5.56 Å². The number of nitrogens with zero attached hydrogens (tertiary/aromatic N) is 2. The highest BCUT2D eigenvalue weighted by atomic mass is 16.1. The molecule has 0 aromatic carbocycles. The first kappa shape index (κ1) is 7.91. The molecule has 0 radical (unpaired) electrons. The van der Waals surface area contributed by atoms with Crippen molar-refractivity contribution in [1.29, 1.82) is 0 Å². The van der Waals surface area contributed by atoms with Gasteiger partial charge in [-0.2, -0.15) is 0 Å². The highest BCUT2D eigenvalue weighted by Gasteiger charge is 2.03. The highest BCUT2D eigenvalue weighted by Crippen LogP contribution is 2.08. The Morgan fingerprint density at radius 1 is 1.31 bits per heavy atom. The minimum Gasteiger partial charge on any atom is -0.310 e. The van der Waals surface area contributed by atoms with Crippen molar-refractivity contribution in [3.05, 3.63) is 34.1 Å². The zero-order chi connectivity index (χ0) is 9.42. The summed E-state index contributed by atoms with van der Waals surface area (Å²) in [5, 5.41) is 0.626. The Balaban J connectivity index is 3.03. The van der Waals surface area contributed by atoms with Crippen LogP contribution in [0, 0.1) is 13.8 Å². The van der Waals surface area contributed by atoms with Crippen molar-refractivity contribution in [1.82, 2.24) is 15.0 Å². The molecule has 0 bridgehead atoms. The molecule has 0 amide bonds. The van der Waals surface area contributed by atoms with Gasteiger partial charge >= 0.3 is 0 Å². The van der Waals surface area contributed by atoms with Crippen molar-refractivity contribution in [3.8, 4) is 0 Å². The molecule has 0 saturated heterocycles. The Morgan fingerprint density at radius 2 is 2.08 bits per heavy atom. The highest BCUT2D eigenvalue weighted by molar-refractivity contribution is 5.79. The number of hydrogen-bond donors (Lipinski definition) is 1. The zero-order valence-electron chi connectivity index (χ0n) is 7.46. The maximum absolute atomic E-state index is 11.5. The Bertz CT molecular complexity index is 516. The number of pyridine rings is 1. The van der Waals surface area contributed by atoms with Gasteiger partial charge in [0, 0.05) is 6.20 Å². The minimum atomic E-state index is -0.0950. The van der Waals surface area contributed by atoms with Crippen LogP contribution in [-0.2, 0) is 0 Å². The molecular weight excluding hydrogens is 166 g/mol. The molecule has 0 unspecified atom stereocenters. The summed E-state index contributed by atoms with van der Waals surface area (Å²) in [6, 6.07) is 0. The second-order valence-corrected chi connectivity index (χ2v) is 3.00. The van der Waals surface area contributed by atoms with Crippen LogP contribution in [0.1, 0.15) is 11.4 Å². The SMILES string of the molecule is Cc1nc2cncc(C)c2c(=O)[nH]1. The van der Waals surface area contributed by atoms with Gasteiger partial charge in [-0.25, -0.2) is 4.98 Å². The van der Waals surface area contributed by atoms with E-state index in [2.05, 4.69) is 15.0 Å². The van der Waals surface area contributed by atoms with Crippen LogP contribution in [0.15, 0.2) is 17.2 Å². The maximum Gasteiger partial charge on any atom is 0.259 e. The van der Waals surface area contributed by atoms with Gasteiger partial charge < -0.3 is 4.98 Å². The van der Waals surface area contributed by atoms with E-state index in [9.17, 15) is 4.79 Å². The molecule has 2 aromatic heterocycles. The summed E-state index contributed by atoms with van der Waals surface area (Å²) in [6.07, 6.45) is 3.26. The lowest BCUT2D eigenvalue weighted by molar-refractivity contribution is 1.05. The van der Waals surface area contributed by atoms with E-state index >= 15 is 0 Å². The molecule has 0 spiro atoms. The minimum absolute atomic E-state index is 0.0950. The van der Waals surface area contributed by atoms with Crippen molar-refractivity contribution in [2.24, 2.45) is 0 Å². The van der Waals surface area contributed by atoms with Crippen LogP contribution in [0.25, 0.3) is 10.9 Å². The first-order valence-electron chi connectivity index (χ1n) is 4.00. The fourth-order valence-corrected chi connectivity index (χ4v) is 1.37. The standard InChI is InChI=1S/C9H9N3O/c1-5-3-10-4-7-8(5)9(13)12-6(2)11-7/h3-4H,1-2H3,(H,11,12,13). The van der Waals surface area contributed by atoms with Crippen molar-refractivity contribution >= 4 is 10.9 Å². The molecule has 13 heavy (non-hydrogen) atoms. The Labute approximate surface area is 74.7 Å². The van der Waals surface area contributed by atoms with Gasteiger partial charge in [0.25, 0.3) is 5.56 Å². The lowest BCUT2D eigenvalue weighted by Crippen LogP contribution is -2.11. The monoisotopic (exact) mass is 175 g/mol. The predicted octanol–water partition coefficient (Wildman–Crippen LogP) is 0.935. The number of aryl methyl sites for hydroxylation is 2. The summed E-state index contributed by atoms with van der Waals surface area (Å²) < 4.78 is 0. The summed E-state index contributed by atoms with van der Waals surface area (Å²) in [5.41, 5.74) is 1.41. The largest absolute Gasteiger partial charge is 0.310 e. The van der Waals surface area contributed by atoms with E-state index in [0.717, 1.165) is 5.56 Å². The third kappa shape index (κ3) is 1.20. The molecule has 0 aliphatic rings. The number of H-pyrrole nitrogens is 1. The molecule has 4 heteroatoms. The topological polar surface area (TPSA) is 58.6 Å². The Morgan fingerprint density at radius 3 is 2.85 bits per heavy atom. The summed E-state index contributed by atoms with van der Waals surface area (Å²) >= 11 is 0. The smallest absolute Gasteiger partial charge is 0.259 e. The van der Waals surface area contributed by atoms with Crippen molar-refractivity contribution in [2.45, 2.75) is 13.8 Å². The third-order valence-electron chi connectivity index (χ3n) is 1.93. The zero-order valence-corrected chi connectivity index (χ0v) is 7.46. The molecule has 1 N–H and O–H groups in total. The number of hydrogen-bond acceptors (Lipinski definition) is 3. The fraction of sp³-hybridized carbons (Fsp3) is 0.222. The molecule has 4 nitrogen and oxygen atoms in total. The number of aromatic amines is 1. The molecular formula is C9H9N3O. The summed E-state index contributed by atoms with van der Waals surface area (Å²) in [6.45, 7) is 3.60. The third-order valence-corrected chi connectivity index (χ3v) is 1.93. The molecule has 0 aliphatic carbocycles. The molecule has 0 aliphatic heterocycles. The lowest BCUT2D eigenvalue weighted by Gasteiger charge is -1.99. The molecule has 0 fully saturated rings. The van der Waals surface area contributed by atoms with Gasteiger partial charge in [0.1, 0.15) is 5.82 Å². The quantitative estimate of drug-likeness (QED) is 0.648. The molecule has 0 atom stereocenters. The van der Waals surface area contributed by atoms with Crippen LogP contribution >= 0.6 is 0 Å². The molecule has 2 heterocycles. The predicted molar refractivity (Wildman–Crippen MR) is 49.6 cm³/mol. The average molecular weight is 175 g/mol. The number of aromatic nitrogens is 3. The van der Waals surface area contributed by atoms with E-state index in [1.165, 1.54) is 0 Å². The van der Waals surface area contributed by atoms with Gasteiger partial charge in [-0.3, -0.25) is 9.78 Å². The normalized spacial score (nSPS) is 10.6. The summed E-state index contributed by atoms with van der Waals surface area (Å²) in [7, 11) is 0. The second-order valence-electron chi connectivity index (χ2n) is 3.00. The van der Waals surface area contributed by atoms with E-state index in [4.69, 9.17) is 0 Å². The van der Waals surface area contributed by atoms with Crippen molar-refractivity contribution < 1.29 is 0 Å². The van der Waals surface area contributed by atoms with Crippen LogP contribution in [0.5, 0.6) is 0 Å². The van der Waals surface area contributed by atoms with E-state index in [-0.39, 0.29) is 5.56 Å². The molecule has 0 saturated carbocycles. The average Bonchev–Trinajstić information content (AvgIpc) is 2.02. The van der Waals surface area contributed by atoms with Gasteiger partial charge in [0.05, 0.1) is 17.1 Å². The summed E-state index contributed by atoms with van der Waals surface area (Å²) in [5.74, 6) is 0.616. The van der Waals surface area contributed by atoms with Crippen LogP contribution in [0.4, 0.5) is 0 Å². The molecule has 66 valence electrons. The van der Waals surface area contributed by atoms with Crippen molar-refractivity contribution in [3.63, 3.8) is 0 Å². The van der Waals surface area contributed by atoms with Crippen LogP contribution in [0.2, 0.25) is 0 Å². The van der Waals surface area contributed by atoms with Gasteiger partial charge in [-0.15, -0.1) is 0 Å². The number of fused-ring (bicyclic) bond motifs is 1. The Hall–Kier alpha value is -1.71. The summed E-state index contributed by atoms with van der Waals surface area (Å²) in [4.78, 5) is 22.3. The molecule has 2 rings (SSSR count). The van der Waals surface area contributed by atoms with Gasteiger partial charge in [0.2, 0.25) is 0 Å².